The van der Waals surface area contributed by atoms with E-state index in [9.17, 15) is 9.59 Å². The van der Waals surface area contributed by atoms with E-state index < -0.39 is 5.60 Å². The van der Waals surface area contributed by atoms with Gasteiger partial charge in [0, 0.05) is 52.3 Å². The Kier molecular flexibility index (Phi) is 5.76. The number of likely N-dealkylation sites (tertiary alicyclic amines) is 1. The first-order valence-electron chi connectivity index (χ1n) is 10.1. The molecule has 0 aliphatic carbocycles. The van der Waals surface area contributed by atoms with Crippen molar-refractivity contribution in [2.75, 3.05) is 38.6 Å². The Labute approximate surface area is 166 Å². The largest absolute Gasteiger partial charge is 0.441 e. The molecule has 1 aromatic rings. The third-order valence-corrected chi connectivity index (χ3v) is 5.79. The molecule has 0 bridgehead atoms. The SMILES string of the molecule is CCCC(C)N1CC2(CCN(C(=O)c3cnc(N(C)C)nc3C)CC2)OC1=O. The molecule has 8 heteroatoms. The number of hydrogen-bond donors (Lipinski definition) is 0. The van der Waals surface area contributed by atoms with E-state index in [0.717, 1.165) is 12.8 Å². The van der Waals surface area contributed by atoms with Crippen LogP contribution in [0.15, 0.2) is 6.20 Å². The number of ether oxygens (including phenoxy) is 1. The third kappa shape index (κ3) is 3.91. The number of rotatable bonds is 5. The fraction of sp³-hybridized carbons (Fsp3) is 0.700. The molecule has 0 saturated carbocycles. The number of aryl methyl sites for hydroxylation is 1. The van der Waals surface area contributed by atoms with E-state index in [4.69, 9.17) is 4.74 Å². The summed E-state index contributed by atoms with van der Waals surface area (Å²) in [7, 11) is 3.74. The zero-order valence-corrected chi connectivity index (χ0v) is 17.6. The zero-order chi connectivity index (χ0) is 20.5. The van der Waals surface area contributed by atoms with Gasteiger partial charge in [0.2, 0.25) is 5.95 Å². The van der Waals surface area contributed by atoms with Crippen LogP contribution in [0.5, 0.6) is 0 Å². The fourth-order valence-corrected chi connectivity index (χ4v) is 3.99. The van der Waals surface area contributed by atoms with Gasteiger partial charge in [-0.2, -0.15) is 0 Å². The lowest BCUT2D eigenvalue weighted by atomic mass is 9.90. The van der Waals surface area contributed by atoms with Gasteiger partial charge < -0.3 is 19.4 Å². The van der Waals surface area contributed by atoms with Crippen LogP contribution in [0, 0.1) is 6.92 Å². The Bertz CT molecular complexity index is 743. The van der Waals surface area contributed by atoms with Crippen LogP contribution in [0.25, 0.3) is 0 Å². The van der Waals surface area contributed by atoms with Crippen LogP contribution in [0.1, 0.15) is 55.6 Å². The van der Waals surface area contributed by atoms with Gasteiger partial charge in [0.1, 0.15) is 5.60 Å². The summed E-state index contributed by atoms with van der Waals surface area (Å²) in [5.41, 5.74) is 0.745. The smallest absolute Gasteiger partial charge is 0.410 e. The van der Waals surface area contributed by atoms with Crippen LogP contribution >= 0.6 is 0 Å². The molecule has 2 saturated heterocycles. The summed E-state index contributed by atoms with van der Waals surface area (Å²) in [5, 5.41) is 0. The molecule has 1 atom stereocenters. The molecule has 154 valence electrons. The summed E-state index contributed by atoms with van der Waals surface area (Å²) in [6.07, 6.45) is 4.72. The molecule has 3 rings (SSSR count). The van der Waals surface area contributed by atoms with Crippen molar-refractivity contribution < 1.29 is 14.3 Å². The minimum absolute atomic E-state index is 0.0572. The molecule has 1 spiro atoms. The second kappa shape index (κ2) is 7.93. The number of carbonyl (C=O) groups excluding carboxylic acids is 2. The van der Waals surface area contributed by atoms with E-state index in [1.807, 2.05) is 35.7 Å². The number of anilines is 1. The molecule has 2 aliphatic rings. The summed E-state index contributed by atoms with van der Waals surface area (Å²) in [6, 6.07) is 0.187. The van der Waals surface area contributed by atoms with Crippen LogP contribution in [0.4, 0.5) is 10.7 Å². The van der Waals surface area contributed by atoms with E-state index in [1.165, 1.54) is 0 Å². The lowest BCUT2D eigenvalue weighted by Gasteiger charge is -2.37. The molecule has 8 nitrogen and oxygen atoms in total. The third-order valence-electron chi connectivity index (χ3n) is 5.79. The van der Waals surface area contributed by atoms with Gasteiger partial charge in [-0.05, 0) is 20.3 Å². The number of piperidine rings is 1. The van der Waals surface area contributed by atoms with Crippen molar-refractivity contribution in [2.45, 2.75) is 58.1 Å². The number of nitrogens with zero attached hydrogens (tertiary/aromatic N) is 5. The molecule has 3 heterocycles. The summed E-state index contributed by atoms with van der Waals surface area (Å²) in [5.74, 6) is 0.531. The van der Waals surface area contributed by atoms with Gasteiger partial charge in [0.25, 0.3) is 5.91 Å². The van der Waals surface area contributed by atoms with Crippen molar-refractivity contribution in [3.8, 4) is 0 Å². The average Bonchev–Trinajstić information content (AvgIpc) is 2.98. The summed E-state index contributed by atoms with van der Waals surface area (Å²) < 4.78 is 5.79. The molecule has 0 radical (unpaired) electrons. The van der Waals surface area contributed by atoms with Crippen LogP contribution in [0.2, 0.25) is 0 Å². The number of hydrogen-bond acceptors (Lipinski definition) is 6. The van der Waals surface area contributed by atoms with Crippen molar-refractivity contribution in [3.63, 3.8) is 0 Å². The van der Waals surface area contributed by atoms with E-state index in [0.29, 0.717) is 49.7 Å². The predicted octanol–water partition coefficient (Wildman–Crippen LogP) is 2.47. The Morgan fingerprint density at radius 2 is 2.04 bits per heavy atom. The van der Waals surface area contributed by atoms with E-state index in [2.05, 4.69) is 23.8 Å². The van der Waals surface area contributed by atoms with Gasteiger partial charge >= 0.3 is 6.09 Å². The van der Waals surface area contributed by atoms with Crippen LogP contribution in [-0.2, 0) is 4.74 Å². The van der Waals surface area contributed by atoms with Gasteiger partial charge in [-0.25, -0.2) is 14.8 Å². The van der Waals surface area contributed by atoms with Crippen molar-refractivity contribution in [3.05, 3.63) is 17.5 Å². The van der Waals surface area contributed by atoms with Crippen molar-refractivity contribution in [1.29, 1.82) is 0 Å². The molecular formula is C20H31N5O3. The molecule has 0 N–H and O–H groups in total. The fourth-order valence-electron chi connectivity index (χ4n) is 3.99. The highest BCUT2D eigenvalue weighted by Crippen LogP contribution is 2.35. The Morgan fingerprint density at radius 1 is 1.36 bits per heavy atom. The summed E-state index contributed by atoms with van der Waals surface area (Å²) in [6.45, 7) is 7.78. The van der Waals surface area contributed by atoms with Gasteiger partial charge in [-0.15, -0.1) is 0 Å². The normalized spacial score (nSPS) is 19.7. The highest BCUT2D eigenvalue weighted by Gasteiger charge is 2.48. The van der Waals surface area contributed by atoms with E-state index >= 15 is 0 Å². The van der Waals surface area contributed by atoms with Gasteiger partial charge in [-0.3, -0.25) is 4.79 Å². The Morgan fingerprint density at radius 3 is 2.61 bits per heavy atom. The van der Waals surface area contributed by atoms with Gasteiger partial charge in [-0.1, -0.05) is 13.3 Å². The van der Waals surface area contributed by atoms with E-state index in [-0.39, 0.29) is 18.0 Å². The first-order valence-corrected chi connectivity index (χ1v) is 10.1. The molecule has 1 aromatic heterocycles. The highest BCUT2D eigenvalue weighted by molar-refractivity contribution is 5.95. The van der Waals surface area contributed by atoms with Gasteiger partial charge in [0.05, 0.1) is 17.8 Å². The summed E-state index contributed by atoms with van der Waals surface area (Å²) in [4.78, 5) is 39.4. The zero-order valence-electron chi connectivity index (χ0n) is 17.6. The van der Waals surface area contributed by atoms with Crippen LogP contribution < -0.4 is 4.90 Å². The maximum absolute atomic E-state index is 12.9. The summed E-state index contributed by atoms with van der Waals surface area (Å²) >= 11 is 0. The van der Waals surface area contributed by atoms with Crippen molar-refractivity contribution >= 4 is 17.9 Å². The predicted molar refractivity (Wildman–Crippen MR) is 107 cm³/mol. The lowest BCUT2D eigenvalue weighted by Crippen LogP contribution is -2.49. The molecule has 0 aromatic carbocycles. The molecule has 2 aliphatic heterocycles. The topological polar surface area (TPSA) is 78.9 Å². The molecule has 28 heavy (non-hydrogen) atoms. The lowest BCUT2D eigenvalue weighted by molar-refractivity contribution is 0.00303. The Balaban J connectivity index is 1.64. The van der Waals surface area contributed by atoms with Crippen molar-refractivity contribution in [2.24, 2.45) is 0 Å². The number of amides is 2. The maximum Gasteiger partial charge on any atom is 0.410 e. The molecular weight excluding hydrogens is 358 g/mol. The highest BCUT2D eigenvalue weighted by atomic mass is 16.6. The quantitative estimate of drug-likeness (QED) is 0.770. The van der Waals surface area contributed by atoms with Crippen molar-refractivity contribution in [1.82, 2.24) is 19.8 Å². The first kappa shape index (κ1) is 20.4. The standard InChI is InChI=1S/C20H31N5O3/c1-6-7-14(2)25-13-20(28-19(25)27)8-10-24(11-9-20)17(26)16-12-21-18(23(4)5)22-15(16)3/h12,14H,6-11,13H2,1-5H3. The number of carbonyl (C=O) groups is 2. The monoisotopic (exact) mass is 389 g/mol. The molecule has 2 amide bonds. The average molecular weight is 390 g/mol. The maximum atomic E-state index is 12.9. The number of aromatic nitrogens is 2. The second-order valence-electron chi connectivity index (χ2n) is 8.17. The molecule has 2 fully saturated rings. The molecule has 1 unspecified atom stereocenters. The second-order valence-corrected chi connectivity index (χ2v) is 8.17. The van der Waals surface area contributed by atoms with E-state index in [1.54, 1.807) is 6.20 Å². The first-order chi connectivity index (χ1) is 13.3. The van der Waals surface area contributed by atoms with Crippen LogP contribution in [-0.4, -0.2) is 77.1 Å². The van der Waals surface area contributed by atoms with Crippen LogP contribution in [0.3, 0.4) is 0 Å². The Hall–Kier alpha value is -2.38. The van der Waals surface area contributed by atoms with Gasteiger partial charge in [0.15, 0.2) is 0 Å². The minimum Gasteiger partial charge on any atom is -0.441 e. The minimum atomic E-state index is -0.462.